The molecule has 7 aromatic carbocycles. The number of rotatable bonds is 3. The Hall–Kier alpha value is -6.06. The third-order valence-corrected chi connectivity index (χ3v) is 9.34. The smallest absolute Gasteiger partial charge is 0.136 e. The average Bonchev–Trinajstić information content (AvgIpc) is 3.76. The summed E-state index contributed by atoms with van der Waals surface area (Å²) in [5, 5.41) is 7.35. The van der Waals surface area contributed by atoms with Crippen molar-refractivity contribution in [3.8, 4) is 22.5 Å². The van der Waals surface area contributed by atoms with Gasteiger partial charge in [0.25, 0.3) is 0 Å². The zero-order valence-electron chi connectivity index (χ0n) is 24.3. The number of furan rings is 1. The number of fused-ring (bicyclic) bond motifs is 10. The van der Waals surface area contributed by atoms with Gasteiger partial charge in [-0.3, -0.25) is 0 Å². The Morgan fingerprint density at radius 2 is 0.778 bits per heavy atom. The molecule has 0 bridgehead atoms. The fourth-order valence-corrected chi connectivity index (χ4v) is 7.36. The molecule has 10 aromatic rings. The topological polar surface area (TPSA) is 23.0 Å². The molecule has 0 spiro atoms. The maximum Gasteiger partial charge on any atom is 0.136 e. The van der Waals surface area contributed by atoms with Crippen molar-refractivity contribution >= 4 is 65.6 Å². The van der Waals surface area contributed by atoms with E-state index < -0.39 is 0 Å². The number of benzene rings is 7. The molecule has 0 unspecified atom stereocenters. The standard InChI is InChI=1S/C42H26N2O/c1-5-13-35-31(9-1)32-10-2-6-14-36(32)43(35)29-21-17-27(18-22-29)28-19-23-30(24-20-28)44-37-15-7-3-11-33(37)41-38(44)25-26-40-42(41)34-12-4-8-16-39(34)45-40/h1-26H. The Kier molecular flexibility index (Phi) is 5.00. The fraction of sp³-hybridized carbons (Fsp3) is 0. The van der Waals surface area contributed by atoms with Crippen LogP contribution >= 0.6 is 0 Å². The van der Waals surface area contributed by atoms with E-state index in [0.717, 1.165) is 27.9 Å². The molecule has 10 rings (SSSR count). The highest BCUT2D eigenvalue weighted by Crippen LogP contribution is 2.41. The summed E-state index contributed by atoms with van der Waals surface area (Å²) in [5.41, 5.74) is 11.3. The van der Waals surface area contributed by atoms with Crippen LogP contribution in [0.4, 0.5) is 0 Å². The van der Waals surface area contributed by atoms with Crippen LogP contribution in [-0.2, 0) is 0 Å². The highest BCUT2D eigenvalue weighted by atomic mass is 16.3. The van der Waals surface area contributed by atoms with Gasteiger partial charge in [0.2, 0.25) is 0 Å². The minimum Gasteiger partial charge on any atom is -0.456 e. The normalized spacial score (nSPS) is 12.0. The highest BCUT2D eigenvalue weighted by molar-refractivity contribution is 6.27. The predicted octanol–water partition coefficient (Wildman–Crippen LogP) is 11.4. The van der Waals surface area contributed by atoms with Crippen LogP contribution in [0.3, 0.4) is 0 Å². The van der Waals surface area contributed by atoms with Gasteiger partial charge in [-0.25, -0.2) is 0 Å². The van der Waals surface area contributed by atoms with Gasteiger partial charge in [-0.2, -0.15) is 0 Å². The zero-order valence-corrected chi connectivity index (χ0v) is 24.3. The summed E-state index contributed by atoms with van der Waals surface area (Å²) in [4.78, 5) is 0. The van der Waals surface area contributed by atoms with E-state index in [9.17, 15) is 0 Å². The monoisotopic (exact) mass is 574 g/mol. The van der Waals surface area contributed by atoms with E-state index in [-0.39, 0.29) is 0 Å². The van der Waals surface area contributed by atoms with Crippen molar-refractivity contribution < 1.29 is 4.42 Å². The SMILES string of the molecule is c1ccc2c(c1)oc1ccc3c(c4ccccc4n3-c3ccc(-c4ccc(-n5c6ccccc6c6ccccc65)cc4)cc3)c12. The minimum absolute atomic E-state index is 0.922. The Morgan fingerprint density at radius 3 is 1.38 bits per heavy atom. The van der Waals surface area contributed by atoms with Gasteiger partial charge in [-0.05, 0) is 71.8 Å². The van der Waals surface area contributed by atoms with Gasteiger partial charge >= 0.3 is 0 Å². The second-order valence-corrected chi connectivity index (χ2v) is 11.7. The predicted molar refractivity (Wildman–Crippen MR) is 188 cm³/mol. The molecule has 3 heteroatoms. The second kappa shape index (κ2) is 9.22. The zero-order chi connectivity index (χ0) is 29.5. The molecule has 0 saturated carbocycles. The molecule has 0 fully saturated rings. The molecule has 0 aliphatic rings. The Labute approximate surface area is 258 Å². The van der Waals surface area contributed by atoms with Crippen LogP contribution in [0.2, 0.25) is 0 Å². The van der Waals surface area contributed by atoms with Gasteiger partial charge in [0.15, 0.2) is 0 Å². The summed E-state index contributed by atoms with van der Waals surface area (Å²) in [6, 6.07) is 56.5. The lowest BCUT2D eigenvalue weighted by Crippen LogP contribution is -1.94. The van der Waals surface area contributed by atoms with E-state index in [1.54, 1.807) is 0 Å². The number of aromatic nitrogens is 2. The second-order valence-electron chi connectivity index (χ2n) is 11.7. The quantitative estimate of drug-likeness (QED) is 0.206. The summed E-state index contributed by atoms with van der Waals surface area (Å²) in [6.07, 6.45) is 0. The molecular formula is C42H26N2O. The van der Waals surface area contributed by atoms with Gasteiger partial charge in [-0.15, -0.1) is 0 Å². The largest absolute Gasteiger partial charge is 0.456 e. The van der Waals surface area contributed by atoms with Crippen molar-refractivity contribution in [3.63, 3.8) is 0 Å². The molecule has 0 aliphatic carbocycles. The lowest BCUT2D eigenvalue weighted by atomic mass is 10.0. The first-order chi connectivity index (χ1) is 22.3. The number of para-hydroxylation sites is 4. The van der Waals surface area contributed by atoms with Crippen molar-refractivity contribution in [1.82, 2.24) is 9.13 Å². The first kappa shape index (κ1) is 24.4. The summed E-state index contributed by atoms with van der Waals surface area (Å²) in [6.45, 7) is 0. The molecule has 0 saturated heterocycles. The van der Waals surface area contributed by atoms with Crippen molar-refractivity contribution in [2.45, 2.75) is 0 Å². The molecule has 3 aromatic heterocycles. The molecule has 0 radical (unpaired) electrons. The summed E-state index contributed by atoms with van der Waals surface area (Å²) in [7, 11) is 0. The van der Waals surface area contributed by atoms with Gasteiger partial charge in [0, 0.05) is 43.7 Å². The van der Waals surface area contributed by atoms with Crippen molar-refractivity contribution in [2.75, 3.05) is 0 Å². The van der Waals surface area contributed by atoms with Crippen LogP contribution in [-0.4, -0.2) is 9.13 Å². The van der Waals surface area contributed by atoms with Crippen LogP contribution < -0.4 is 0 Å². The van der Waals surface area contributed by atoms with E-state index in [4.69, 9.17) is 4.42 Å². The Morgan fingerprint density at radius 1 is 0.311 bits per heavy atom. The van der Waals surface area contributed by atoms with Crippen molar-refractivity contribution in [2.24, 2.45) is 0 Å². The van der Waals surface area contributed by atoms with Gasteiger partial charge in [0.1, 0.15) is 11.2 Å². The van der Waals surface area contributed by atoms with Crippen LogP contribution in [0.5, 0.6) is 0 Å². The third kappa shape index (κ3) is 3.46. The molecule has 0 N–H and O–H groups in total. The summed E-state index contributed by atoms with van der Waals surface area (Å²) >= 11 is 0. The van der Waals surface area contributed by atoms with Gasteiger partial charge in [0.05, 0.1) is 22.1 Å². The van der Waals surface area contributed by atoms with E-state index in [1.165, 1.54) is 60.1 Å². The molecule has 0 atom stereocenters. The maximum absolute atomic E-state index is 6.25. The van der Waals surface area contributed by atoms with Crippen LogP contribution in [0.15, 0.2) is 162 Å². The van der Waals surface area contributed by atoms with E-state index >= 15 is 0 Å². The van der Waals surface area contributed by atoms with Crippen LogP contribution in [0.1, 0.15) is 0 Å². The lowest BCUT2D eigenvalue weighted by Gasteiger charge is -2.11. The average molecular weight is 575 g/mol. The first-order valence-electron chi connectivity index (χ1n) is 15.4. The van der Waals surface area contributed by atoms with Crippen LogP contribution in [0, 0.1) is 0 Å². The third-order valence-electron chi connectivity index (χ3n) is 9.34. The summed E-state index contributed by atoms with van der Waals surface area (Å²) in [5.74, 6) is 0. The number of hydrogen-bond donors (Lipinski definition) is 0. The van der Waals surface area contributed by atoms with Crippen molar-refractivity contribution in [3.05, 3.63) is 158 Å². The molecule has 3 heterocycles. The summed E-state index contributed by atoms with van der Waals surface area (Å²) < 4.78 is 11.0. The Bertz CT molecular complexity index is 2690. The molecular weight excluding hydrogens is 548 g/mol. The lowest BCUT2D eigenvalue weighted by molar-refractivity contribution is 0.669. The van der Waals surface area contributed by atoms with Crippen molar-refractivity contribution in [1.29, 1.82) is 0 Å². The maximum atomic E-state index is 6.25. The van der Waals surface area contributed by atoms with Gasteiger partial charge < -0.3 is 13.6 Å². The van der Waals surface area contributed by atoms with Crippen LogP contribution in [0.25, 0.3) is 88.1 Å². The fourth-order valence-electron chi connectivity index (χ4n) is 7.36. The minimum atomic E-state index is 0.922. The number of nitrogens with zero attached hydrogens (tertiary/aromatic N) is 2. The molecule has 3 nitrogen and oxygen atoms in total. The first-order valence-corrected chi connectivity index (χ1v) is 15.4. The highest BCUT2D eigenvalue weighted by Gasteiger charge is 2.18. The number of hydrogen-bond acceptors (Lipinski definition) is 1. The molecule has 45 heavy (non-hydrogen) atoms. The van der Waals surface area contributed by atoms with E-state index in [0.29, 0.717) is 0 Å². The van der Waals surface area contributed by atoms with E-state index in [2.05, 4.69) is 161 Å². The molecule has 0 amide bonds. The Balaban J connectivity index is 1.08. The molecule has 210 valence electrons. The van der Waals surface area contributed by atoms with Gasteiger partial charge in [-0.1, -0.05) is 97.1 Å². The molecule has 0 aliphatic heterocycles. The van der Waals surface area contributed by atoms with E-state index in [1.807, 2.05) is 6.07 Å².